The summed E-state index contributed by atoms with van der Waals surface area (Å²) < 4.78 is 30.9. The van der Waals surface area contributed by atoms with Crippen LogP contribution in [0.1, 0.15) is 24.4 Å². The van der Waals surface area contributed by atoms with Crippen molar-refractivity contribution in [2.45, 2.75) is 18.9 Å². The standard InChI is InChI=1S/C12H16ClNO3S/c1-17-11-6-4-10(5-7-11)12(9-2-3-9)14-18(15,16)8-13/h4-7,9,12,14H,2-3,8H2,1H3. The first kappa shape index (κ1) is 13.6. The SMILES string of the molecule is COc1ccc(C(NS(=O)(=O)CCl)C2CC2)cc1. The summed E-state index contributed by atoms with van der Waals surface area (Å²) in [5.41, 5.74) is 0.951. The normalized spacial score (nSPS) is 17.4. The van der Waals surface area contributed by atoms with Gasteiger partial charge in [0.2, 0.25) is 10.0 Å². The van der Waals surface area contributed by atoms with Gasteiger partial charge in [-0.2, -0.15) is 0 Å². The molecule has 1 atom stereocenters. The lowest BCUT2D eigenvalue weighted by molar-refractivity contribution is 0.414. The average Bonchev–Trinajstić information content (AvgIpc) is 3.21. The van der Waals surface area contributed by atoms with Gasteiger partial charge in [0.15, 0.2) is 0 Å². The Balaban J connectivity index is 2.19. The van der Waals surface area contributed by atoms with E-state index in [1.807, 2.05) is 24.3 Å². The van der Waals surface area contributed by atoms with E-state index < -0.39 is 15.2 Å². The minimum atomic E-state index is -3.40. The molecule has 100 valence electrons. The molecule has 0 saturated heterocycles. The summed E-state index contributed by atoms with van der Waals surface area (Å²) in [7, 11) is -1.80. The average molecular weight is 290 g/mol. The molecule has 0 heterocycles. The zero-order valence-electron chi connectivity index (χ0n) is 10.1. The maximum absolute atomic E-state index is 11.6. The summed E-state index contributed by atoms with van der Waals surface area (Å²) in [6, 6.07) is 7.26. The molecule has 0 radical (unpaired) electrons. The number of sulfonamides is 1. The molecule has 1 aromatic carbocycles. The molecule has 2 rings (SSSR count). The number of halogens is 1. The van der Waals surface area contributed by atoms with Gasteiger partial charge in [0.05, 0.1) is 7.11 Å². The highest BCUT2D eigenvalue weighted by Crippen LogP contribution is 2.41. The lowest BCUT2D eigenvalue weighted by Crippen LogP contribution is -2.30. The van der Waals surface area contributed by atoms with Gasteiger partial charge < -0.3 is 4.74 Å². The maximum atomic E-state index is 11.6. The van der Waals surface area contributed by atoms with E-state index in [0.29, 0.717) is 5.92 Å². The van der Waals surface area contributed by atoms with E-state index in [9.17, 15) is 8.42 Å². The van der Waals surface area contributed by atoms with Gasteiger partial charge in [-0.05, 0) is 36.5 Å². The molecular formula is C12H16ClNO3S. The molecule has 1 fully saturated rings. The van der Waals surface area contributed by atoms with Crippen molar-refractivity contribution in [1.82, 2.24) is 4.72 Å². The quantitative estimate of drug-likeness (QED) is 0.817. The molecule has 0 aliphatic heterocycles. The van der Waals surface area contributed by atoms with Crippen molar-refractivity contribution in [2.75, 3.05) is 12.3 Å². The summed E-state index contributed by atoms with van der Waals surface area (Å²) in [6.45, 7) is 0. The monoisotopic (exact) mass is 289 g/mol. The van der Waals surface area contributed by atoms with E-state index in [1.54, 1.807) is 7.11 Å². The second kappa shape index (κ2) is 5.47. The Morgan fingerprint density at radius 3 is 2.44 bits per heavy atom. The summed E-state index contributed by atoms with van der Waals surface area (Å²) in [5.74, 6) is 1.13. The van der Waals surface area contributed by atoms with Crippen LogP contribution in [0.4, 0.5) is 0 Å². The van der Waals surface area contributed by atoms with Gasteiger partial charge >= 0.3 is 0 Å². The topological polar surface area (TPSA) is 55.4 Å². The second-order valence-electron chi connectivity index (χ2n) is 4.43. The van der Waals surface area contributed by atoms with E-state index in [1.165, 1.54) is 0 Å². The number of ether oxygens (including phenoxy) is 1. The minimum absolute atomic E-state index is 0.181. The van der Waals surface area contributed by atoms with Gasteiger partial charge in [0.25, 0.3) is 0 Å². The number of hydrogen-bond acceptors (Lipinski definition) is 3. The fraction of sp³-hybridized carbons (Fsp3) is 0.500. The Hall–Kier alpha value is -0.780. The van der Waals surface area contributed by atoms with Crippen LogP contribution in [-0.4, -0.2) is 20.7 Å². The van der Waals surface area contributed by atoms with Crippen molar-refractivity contribution in [3.05, 3.63) is 29.8 Å². The molecule has 1 aliphatic carbocycles. The molecule has 18 heavy (non-hydrogen) atoms. The van der Waals surface area contributed by atoms with Crippen LogP contribution >= 0.6 is 11.6 Å². The molecule has 0 aromatic heterocycles. The Morgan fingerprint density at radius 2 is 2.00 bits per heavy atom. The number of alkyl halides is 1. The molecule has 1 unspecified atom stereocenters. The Morgan fingerprint density at radius 1 is 1.39 bits per heavy atom. The van der Waals surface area contributed by atoms with E-state index in [-0.39, 0.29) is 6.04 Å². The highest BCUT2D eigenvalue weighted by atomic mass is 35.5. The van der Waals surface area contributed by atoms with Gasteiger partial charge in [-0.15, -0.1) is 11.6 Å². The molecule has 6 heteroatoms. The Bertz CT molecular complexity index is 497. The van der Waals surface area contributed by atoms with Gasteiger partial charge in [0, 0.05) is 6.04 Å². The number of nitrogens with one attached hydrogen (secondary N) is 1. The van der Waals surface area contributed by atoms with Crippen LogP contribution < -0.4 is 9.46 Å². The van der Waals surface area contributed by atoms with Crippen LogP contribution in [0.2, 0.25) is 0 Å². The fourth-order valence-corrected chi connectivity index (χ4v) is 2.87. The molecule has 1 aliphatic rings. The Kier molecular flexibility index (Phi) is 4.14. The van der Waals surface area contributed by atoms with E-state index in [0.717, 1.165) is 24.2 Å². The van der Waals surface area contributed by atoms with Crippen LogP contribution in [0.15, 0.2) is 24.3 Å². The third-order valence-corrected chi connectivity index (χ3v) is 4.78. The van der Waals surface area contributed by atoms with Gasteiger partial charge in [-0.1, -0.05) is 12.1 Å². The molecule has 0 bridgehead atoms. The van der Waals surface area contributed by atoms with Crippen LogP contribution in [-0.2, 0) is 10.0 Å². The van der Waals surface area contributed by atoms with Crippen molar-refractivity contribution < 1.29 is 13.2 Å². The first-order valence-electron chi connectivity index (χ1n) is 5.75. The molecule has 1 aromatic rings. The lowest BCUT2D eigenvalue weighted by Gasteiger charge is -2.18. The van der Waals surface area contributed by atoms with Gasteiger partial charge in [-0.25, -0.2) is 13.1 Å². The number of methoxy groups -OCH3 is 1. The maximum Gasteiger partial charge on any atom is 0.226 e. The van der Waals surface area contributed by atoms with Crippen molar-refractivity contribution in [1.29, 1.82) is 0 Å². The molecule has 4 nitrogen and oxygen atoms in total. The predicted molar refractivity (Wildman–Crippen MR) is 71.2 cm³/mol. The van der Waals surface area contributed by atoms with Crippen LogP contribution in [0.5, 0.6) is 5.75 Å². The fourth-order valence-electron chi connectivity index (χ4n) is 1.90. The summed E-state index contributed by atoms with van der Waals surface area (Å²) in [5, 5.41) is -0.410. The summed E-state index contributed by atoms with van der Waals surface area (Å²) in [6.07, 6.45) is 2.09. The number of hydrogen-bond donors (Lipinski definition) is 1. The van der Waals surface area contributed by atoms with Crippen LogP contribution in [0.25, 0.3) is 0 Å². The summed E-state index contributed by atoms with van der Waals surface area (Å²) in [4.78, 5) is 0. The molecule has 1 N–H and O–H groups in total. The first-order valence-corrected chi connectivity index (χ1v) is 7.94. The van der Waals surface area contributed by atoms with E-state index >= 15 is 0 Å². The second-order valence-corrected chi connectivity index (χ2v) is 6.77. The molecule has 0 amide bonds. The van der Waals surface area contributed by atoms with Crippen LogP contribution in [0, 0.1) is 5.92 Å². The van der Waals surface area contributed by atoms with Crippen molar-refractivity contribution in [3.8, 4) is 5.75 Å². The minimum Gasteiger partial charge on any atom is -0.497 e. The van der Waals surface area contributed by atoms with Crippen molar-refractivity contribution in [2.24, 2.45) is 5.92 Å². The molecule has 1 saturated carbocycles. The molecular weight excluding hydrogens is 274 g/mol. The van der Waals surface area contributed by atoms with Crippen molar-refractivity contribution >= 4 is 21.6 Å². The molecule has 0 spiro atoms. The zero-order valence-corrected chi connectivity index (χ0v) is 11.7. The van der Waals surface area contributed by atoms with Crippen LogP contribution in [0.3, 0.4) is 0 Å². The van der Waals surface area contributed by atoms with Crippen molar-refractivity contribution in [3.63, 3.8) is 0 Å². The van der Waals surface area contributed by atoms with E-state index in [4.69, 9.17) is 16.3 Å². The van der Waals surface area contributed by atoms with Gasteiger partial charge in [0.1, 0.15) is 11.0 Å². The number of rotatable bonds is 6. The largest absolute Gasteiger partial charge is 0.497 e. The highest BCUT2D eigenvalue weighted by Gasteiger charge is 2.34. The first-order chi connectivity index (χ1) is 8.55. The third-order valence-electron chi connectivity index (χ3n) is 3.02. The third kappa shape index (κ3) is 3.37. The summed E-state index contributed by atoms with van der Waals surface area (Å²) >= 11 is 5.43. The number of benzene rings is 1. The van der Waals surface area contributed by atoms with Gasteiger partial charge in [-0.3, -0.25) is 0 Å². The zero-order chi connectivity index (χ0) is 13.2. The van der Waals surface area contributed by atoms with E-state index in [2.05, 4.69) is 4.72 Å². The highest BCUT2D eigenvalue weighted by molar-refractivity contribution is 7.90. The smallest absolute Gasteiger partial charge is 0.226 e. The Labute approximate surface area is 112 Å². The lowest BCUT2D eigenvalue weighted by atomic mass is 10.0. The predicted octanol–water partition coefficient (Wildman–Crippen LogP) is 2.26.